The van der Waals surface area contributed by atoms with E-state index in [-0.39, 0.29) is 22.3 Å². The maximum atomic E-state index is 13.1. The summed E-state index contributed by atoms with van der Waals surface area (Å²) >= 11 is 6.99. The summed E-state index contributed by atoms with van der Waals surface area (Å²) in [5.74, 6) is -1.57. The number of amides is 2. The number of nitrogens with two attached hydrogens (primary N) is 1. The zero-order chi connectivity index (χ0) is 19.6. The first kappa shape index (κ1) is 19.0. The molecule has 0 aromatic heterocycles. The van der Waals surface area contributed by atoms with Gasteiger partial charge >= 0.3 is 0 Å². The lowest BCUT2D eigenvalue weighted by molar-refractivity contribution is -0.117. The normalized spacial score (nSPS) is 18.3. The van der Waals surface area contributed by atoms with Gasteiger partial charge in [0.1, 0.15) is 22.5 Å². The van der Waals surface area contributed by atoms with E-state index in [0.29, 0.717) is 17.1 Å². The van der Waals surface area contributed by atoms with Crippen LogP contribution in [0.3, 0.4) is 0 Å². The van der Waals surface area contributed by atoms with Crippen LogP contribution in [0, 0.1) is 17.1 Å². The second-order valence-electron chi connectivity index (χ2n) is 5.74. The van der Waals surface area contributed by atoms with Crippen molar-refractivity contribution < 1.29 is 14.0 Å². The molecule has 0 spiro atoms. The summed E-state index contributed by atoms with van der Waals surface area (Å²) < 4.78 is 13.1. The van der Waals surface area contributed by atoms with Crippen LogP contribution >= 0.6 is 23.4 Å². The highest BCUT2D eigenvalue weighted by atomic mass is 35.5. The molecular formula is C19H13ClFN3O2S. The zero-order valence-electron chi connectivity index (χ0n) is 13.9. The van der Waals surface area contributed by atoms with Crippen molar-refractivity contribution in [3.05, 3.63) is 75.5 Å². The molecule has 1 aliphatic heterocycles. The summed E-state index contributed by atoms with van der Waals surface area (Å²) in [4.78, 5) is 26.0. The van der Waals surface area contributed by atoms with Gasteiger partial charge in [-0.15, -0.1) is 0 Å². The molecule has 0 radical (unpaired) electrons. The average molecular weight is 402 g/mol. The van der Waals surface area contributed by atoms with Gasteiger partial charge in [0.05, 0.1) is 5.25 Å². The standard InChI is InChI=1S/C19H13ClFN3O2S/c20-12-3-7-14(8-4-12)24-18(26)16(9-11-1-5-13(21)6-2-11)27-19(24)15(10-22)17(23)25/h1-8,16H,9H2,(H2,23,25)/b19-15-/t16-/m1/s1. The van der Waals surface area contributed by atoms with Crippen molar-refractivity contribution in [2.75, 3.05) is 4.90 Å². The molecule has 3 rings (SSSR count). The van der Waals surface area contributed by atoms with Crippen molar-refractivity contribution >= 4 is 40.9 Å². The molecule has 2 aromatic carbocycles. The summed E-state index contributed by atoms with van der Waals surface area (Å²) in [5.41, 5.74) is 6.27. The van der Waals surface area contributed by atoms with Gasteiger partial charge < -0.3 is 5.73 Å². The van der Waals surface area contributed by atoms with Crippen LogP contribution < -0.4 is 10.6 Å². The van der Waals surface area contributed by atoms with Gasteiger partial charge in [-0.25, -0.2) is 4.39 Å². The molecular weight excluding hydrogens is 389 g/mol. The lowest BCUT2D eigenvalue weighted by Crippen LogP contribution is -2.31. The molecule has 1 heterocycles. The molecule has 1 aliphatic rings. The van der Waals surface area contributed by atoms with Crippen molar-refractivity contribution in [2.45, 2.75) is 11.7 Å². The van der Waals surface area contributed by atoms with E-state index in [2.05, 4.69) is 0 Å². The van der Waals surface area contributed by atoms with E-state index in [1.807, 2.05) is 0 Å². The Morgan fingerprint density at radius 2 is 1.85 bits per heavy atom. The third-order valence-electron chi connectivity index (χ3n) is 3.94. The fourth-order valence-corrected chi connectivity index (χ4v) is 4.10. The summed E-state index contributed by atoms with van der Waals surface area (Å²) in [6.07, 6.45) is 0.314. The number of hydrogen-bond donors (Lipinski definition) is 1. The molecule has 5 nitrogen and oxygen atoms in total. The molecule has 8 heteroatoms. The minimum Gasteiger partial charge on any atom is -0.365 e. The Kier molecular flexibility index (Phi) is 5.49. The van der Waals surface area contributed by atoms with E-state index in [1.165, 1.54) is 17.0 Å². The number of halogens is 2. The first-order chi connectivity index (χ1) is 12.9. The predicted octanol–water partition coefficient (Wildman–Crippen LogP) is 3.39. The molecule has 1 saturated heterocycles. The van der Waals surface area contributed by atoms with E-state index in [9.17, 15) is 19.2 Å². The third kappa shape index (κ3) is 3.97. The highest BCUT2D eigenvalue weighted by molar-refractivity contribution is 8.05. The van der Waals surface area contributed by atoms with Crippen LogP contribution in [0.15, 0.2) is 59.1 Å². The van der Waals surface area contributed by atoms with Crippen LogP contribution in [-0.2, 0) is 16.0 Å². The third-order valence-corrected chi connectivity index (χ3v) is 5.46. The summed E-state index contributed by atoms with van der Waals surface area (Å²) in [6.45, 7) is 0. The first-order valence-electron chi connectivity index (χ1n) is 7.85. The molecule has 0 aliphatic carbocycles. The molecule has 1 fully saturated rings. The van der Waals surface area contributed by atoms with Gasteiger partial charge in [-0.3, -0.25) is 14.5 Å². The van der Waals surface area contributed by atoms with E-state index in [1.54, 1.807) is 42.5 Å². The van der Waals surface area contributed by atoms with Crippen LogP contribution in [0.4, 0.5) is 10.1 Å². The van der Waals surface area contributed by atoms with Crippen LogP contribution in [0.2, 0.25) is 5.02 Å². The van der Waals surface area contributed by atoms with Crippen LogP contribution in [0.25, 0.3) is 0 Å². The lowest BCUT2D eigenvalue weighted by atomic mass is 10.1. The molecule has 2 aromatic rings. The number of hydrogen-bond acceptors (Lipinski definition) is 4. The second kappa shape index (κ2) is 7.82. The molecule has 136 valence electrons. The molecule has 2 amide bonds. The largest absolute Gasteiger partial charge is 0.365 e. The molecule has 0 bridgehead atoms. The lowest BCUT2D eigenvalue weighted by Gasteiger charge is -2.18. The van der Waals surface area contributed by atoms with Crippen molar-refractivity contribution in [1.82, 2.24) is 0 Å². The van der Waals surface area contributed by atoms with E-state index < -0.39 is 11.2 Å². The maximum absolute atomic E-state index is 13.1. The van der Waals surface area contributed by atoms with Crippen molar-refractivity contribution in [3.8, 4) is 6.07 Å². The monoisotopic (exact) mass is 401 g/mol. The van der Waals surface area contributed by atoms with E-state index in [4.69, 9.17) is 17.3 Å². The number of nitrogens with zero attached hydrogens (tertiary/aromatic N) is 2. The topological polar surface area (TPSA) is 87.2 Å². The van der Waals surface area contributed by atoms with Crippen molar-refractivity contribution in [3.63, 3.8) is 0 Å². The number of anilines is 1. The Bertz CT molecular complexity index is 968. The number of primary amides is 1. The smallest absolute Gasteiger partial charge is 0.262 e. The fourth-order valence-electron chi connectivity index (χ4n) is 2.66. The Hall–Kier alpha value is -2.82. The molecule has 0 unspecified atom stereocenters. The van der Waals surface area contributed by atoms with Gasteiger partial charge in [0.25, 0.3) is 5.91 Å². The van der Waals surface area contributed by atoms with Gasteiger partial charge in [0, 0.05) is 10.7 Å². The van der Waals surface area contributed by atoms with E-state index >= 15 is 0 Å². The van der Waals surface area contributed by atoms with Gasteiger partial charge in [-0.2, -0.15) is 5.26 Å². The number of nitriles is 1. The van der Waals surface area contributed by atoms with Crippen LogP contribution in [-0.4, -0.2) is 17.1 Å². The van der Waals surface area contributed by atoms with Crippen LogP contribution in [0.5, 0.6) is 0 Å². The number of thioether (sulfide) groups is 1. The van der Waals surface area contributed by atoms with Gasteiger partial charge in [-0.05, 0) is 48.4 Å². The predicted molar refractivity (Wildman–Crippen MR) is 102 cm³/mol. The Morgan fingerprint density at radius 1 is 1.22 bits per heavy atom. The highest BCUT2D eigenvalue weighted by Crippen LogP contribution is 2.42. The molecule has 2 N–H and O–H groups in total. The quantitative estimate of drug-likeness (QED) is 0.628. The maximum Gasteiger partial charge on any atom is 0.262 e. The zero-order valence-corrected chi connectivity index (χ0v) is 15.4. The SMILES string of the molecule is N#C/C(C(N)=O)=C1/S[C@H](Cc2ccc(F)cc2)C(=O)N1c1ccc(Cl)cc1. The fraction of sp³-hybridized carbons (Fsp3) is 0.105. The Labute approximate surface area is 164 Å². The minimum atomic E-state index is -0.908. The van der Waals surface area contributed by atoms with Crippen LogP contribution in [0.1, 0.15) is 5.56 Å². The Balaban J connectivity index is 2.01. The first-order valence-corrected chi connectivity index (χ1v) is 9.11. The van der Waals surface area contributed by atoms with Gasteiger partial charge in [-0.1, -0.05) is 35.5 Å². The Morgan fingerprint density at radius 3 is 2.41 bits per heavy atom. The second-order valence-corrected chi connectivity index (χ2v) is 7.37. The molecule has 1 atom stereocenters. The van der Waals surface area contributed by atoms with Gasteiger partial charge in [0.2, 0.25) is 5.91 Å². The number of carbonyl (C=O) groups is 2. The van der Waals surface area contributed by atoms with E-state index in [0.717, 1.165) is 17.3 Å². The number of rotatable bonds is 4. The highest BCUT2D eigenvalue weighted by Gasteiger charge is 2.40. The summed E-state index contributed by atoms with van der Waals surface area (Å²) in [5, 5.41) is 9.43. The van der Waals surface area contributed by atoms with Crippen molar-refractivity contribution in [1.29, 1.82) is 5.26 Å². The molecule has 0 saturated carbocycles. The number of benzene rings is 2. The molecule has 27 heavy (non-hydrogen) atoms. The van der Waals surface area contributed by atoms with Crippen molar-refractivity contribution in [2.24, 2.45) is 5.73 Å². The average Bonchev–Trinajstić information content (AvgIpc) is 2.94. The number of carbonyl (C=O) groups excluding carboxylic acids is 2. The summed E-state index contributed by atoms with van der Waals surface area (Å²) in [7, 11) is 0. The minimum absolute atomic E-state index is 0.185. The van der Waals surface area contributed by atoms with Gasteiger partial charge in [0.15, 0.2) is 0 Å². The summed E-state index contributed by atoms with van der Waals surface area (Å²) in [6, 6.07) is 14.1.